The van der Waals surface area contributed by atoms with Crippen molar-refractivity contribution in [3.63, 3.8) is 0 Å². The molecule has 0 saturated heterocycles. The monoisotopic (exact) mass is 499 g/mol. The average Bonchev–Trinajstić information content (AvgIpc) is 3.01. The van der Waals surface area contributed by atoms with Crippen molar-refractivity contribution in [1.82, 2.24) is 4.57 Å². The van der Waals surface area contributed by atoms with Crippen LogP contribution in [0.4, 0.5) is 0 Å². The molecule has 142 valence electrons. The Morgan fingerprint density at radius 2 is 2.00 bits per heavy atom. The highest BCUT2D eigenvalue weighted by Gasteiger charge is 2.06. The summed E-state index contributed by atoms with van der Waals surface area (Å²) in [5.74, 6) is 0.258. The van der Waals surface area contributed by atoms with Gasteiger partial charge in [-0.2, -0.15) is 0 Å². The van der Waals surface area contributed by atoms with Gasteiger partial charge in [0.1, 0.15) is 5.75 Å². The van der Waals surface area contributed by atoms with Gasteiger partial charge in [-0.05, 0) is 71.5 Å². The van der Waals surface area contributed by atoms with Gasteiger partial charge in [-0.15, -0.1) is 0 Å². The first-order valence-electron chi connectivity index (χ1n) is 8.21. The first-order valence-corrected chi connectivity index (χ1v) is 9.66. The summed E-state index contributed by atoms with van der Waals surface area (Å²) >= 11 is 8.30. The van der Waals surface area contributed by atoms with E-state index in [0.717, 1.165) is 26.0 Å². The Kier molecular flexibility index (Phi) is 8.12. The summed E-state index contributed by atoms with van der Waals surface area (Å²) in [7, 11) is 0. The molecular weight excluding hydrogens is 481 g/mol. The number of aromatic nitrogens is 1. The van der Waals surface area contributed by atoms with Gasteiger partial charge in [0.05, 0.1) is 11.6 Å². The largest absolute Gasteiger partial charge is 0.468 e. The summed E-state index contributed by atoms with van der Waals surface area (Å²) in [6.07, 6.45) is 2.03. The van der Waals surface area contributed by atoms with Crippen molar-refractivity contribution in [2.75, 3.05) is 6.61 Å². The Morgan fingerprint density at radius 1 is 1.22 bits per heavy atom. The van der Waals surface area contributed by atoms with Crippen molar-refractivity contribution >= 4 is 57.5 Å². The second kappa shape index (κ2) is 10.3. The van der Waals surface area contributed by atoms with Crippen LogP contribution in [0.5, 0.6) is 5.75 Å². The number of fused-ring (bicyclic) bond motifs is 1. The van der Waals surface area contributed by atoms with Crippen LogP contribution in [0.1, 0.15) is 19.4 Å². The Labute approximate surface area is 176 Å². The quantitative estimate of drug-likeness (QED) is 0.213. The number of halogens is 2. The number of rotatable bonds is 5. The number of esters is 1. The SMILES string of the molecule is CC(=O)Oc1ccc2c(ccn2Cc2ccc(Cl)c(I)c2)c1.CCOC=O. The molecule has 0 spiro atoms. The number of hydrogen-bond acceptors (Lipinski definition) is 4. The molecule has 2 aromatic carbocycles. The molecule has 0 aliphatic heterocycles. The fourth-order valence-corrected chi connectivity index (χ4v) is 3.15. The fraction of sp³-hybridized carbons (Fsp3) is 0.200. The van der Waals surface area contributed by atoms with Gasteiger partial charge in [-0.1, -0.05) is 17.7 Å². The van der Waals surface area contributed by atoms with Crippen molar-refractivity contribution in [3.8, 4) is 5.75 Å². The molecule has 0 aliphatic carbocycles. The minimum atomic E-state index is -0.311. The lowest BCUT2D eigenvalue weighted by Gasteiger charge is -2.08. The Hall–Kier alpha value is -2.06. The summed E-state index contributed by atoms with van der Waals surface area (Å²) < 4.78 is 12.5. The topological polar surface area (TPSA) is 57.5 Å². The van der Waals surface area contributed by atoms with Crippen LogP contribution in [0.25, 0.3) is 10.9 Å². The van der Waals surface area contributed by atoms with E-state index in [2.05, 4.69) is 38.0 Å². The molecule has 0 radical (unpaired) electrons. The lowest BCUT2D eigenvalue weighted by molar-refractivity contribution is -0.132. The third-order valence-electron chi connectivity index (χ3n) is 3.58. The van der Waals surface area contributed by atoms with Gasteiger partial charge in [0.25, 0.3) is 6.47 Å². The molecule has 0 amide bonds. The molecule has 0 aliphatic rings. The summed E-state index contributed by atoms with van der Waals surface area (Å²) in [5, 5.41) is 1.81. The van der Waals surface area contributed by atoms with Crippen LogP contribution in [0.2, 0.25) is 5.02 Å². The maximum atomic E-state index is 11.0. The summed E-state index contributed by atoms with van der Waals surface area (Å²) in [6.45, 7) is 4.83. The number of nitrogens with zero attached hydrogens (tertiary/aromatic N) is 1. The maximum absolute atomic E-state index is 11.0. The summed E-state index contributed by atoms with van der Waals surface area (Å²) in [6, 6.07) is 13.7. The predicted molar refractivity (Wildman–Crippen MR) is 114 cm³/mol. The van der Waals surface area contributed by atoms with Crippen molar-refractivity contribution in [1.29, 1.82) is 0 Å². The summed E-state index contributed by atoms with van der Waals surface area (Å²) in [5.41, 5.74) is 2.29. The Balaban J connectivity index is 0.000000465. The van der Waals surface area contributed by atoms with E-state index in [1.54, 1.807) is 6.92 Å². The molecule has 7 heteroatoms. The van der Waals surface area contributed by atoms with E-state index in [9.17, 15) is 9.59 Å². The van der Waals surface area contributed by atoms with Crippen molar-refractivity contribution in [3.05, 3.63) is 62.8 Å². The van der Waals surface area contributed by atoms with E-state index in [-0.39, 0.29) is 5.97 Å². The molecule has 1 heterocycles. The third-order valence-corrected chi connectivity index (χ3v) is 5.12. The molecule has 0 bridgehead atoms. The second-order valence-corrected chi connectivity index (χ2v) is 7.13. The molecule has 27 heavy (non-hydrogen) atoms. The molecular formula is C20H19ClINO4. The van der Waals surface area contributed by atoms with Gasteiger partial charge in [0.2, 0.25) is 0 Å². The van der Waals surface area contributed by atoms with Crippen molar-refractivity contribution < 1.29 is 19.1 Å². The molecule has 3 aromatic rings. The Morgan fingerprint density at radius 3 is 2.59 bits per heavy atom. The van der Waals surface area contributed by atoms with Crippen molar-refractivity contribution in [2.45, 2.75) is 20.4 Å². The zero-order valence-electron chi connectivity index (χ0n) is 14.9. The number of hydrogen-bond donors (Lipinski definition) is 0. The van der Waals surface area contributed by atoms with E-state index >= 15 is 0 Å². The molecule has 0 N–H and O–H groups in total. The van der Waals surface area contributed by atoms with Crippen molar-refractivity contribution in [2.24, 2.45) is 0 Å². The second-order valence-electron chi connectivity index (χ2n) is 5.56. The zero-order valence-corrected chi connectivity index (χ0v) is 17.9. The number of carbonyl (C=O) groups excluding carboxylic acids is 2. The number of carbonyl (C=O) groups is 2. The van der Waals surface area contributed by atoms with Crippen LogP contribution in [0, 0.1) is 3.57 Å². The van der Waals surface area contributed by atoms with Gasteiger partial charge in [-0.3, -0.25) is 9.59 Å². The normalized spacial score (nSPS) is 10.1. The fourth-order valence-electron chi connectivity index (χ4n) is 2.45. The maximum Gasteiger partial charge on any atom is 0.308 e. The van der Waals surface area contributed by atoms with E-state index in [0.29, 0.717) is 18.8 Å². The van der Waals surface area contributed by atoms with Crippen LogP contribution < -0.4 is 4.74 Å². The molecule has 0 fully saturated rings. The summed E-state index contributed by atoms with van der Waals surface area (Å²) in [4.78, 5) is 20.2. The lowest BCUT2D eigenvalue weighted by atomic mass is 10.2. The number of ether oxygens (including phenoxy) is 2. The van der Waals surface area contributed by atoms with Crippen LogP contribution in [-0.4, -0.2) is 23.6 Å². The molecule has 3 rings (SSSR count). The van der Waals surface area contributed by atoms with Crippen LogP contribution >= 0.6 is 34.2 Å². The molecule has 5 nitrogen and oxygen atoms in total. The first kappa shape index (κ1) is 21.2. The van der Waals surface area contributed by atoms with Crippen LogP contribution in [0.3, 0.4) is 0 Å². The number of benzene rings is 2. The van der Waals surface area contributed by atoms with Gasteiger partial charge >= 0.3 is 5.97 Å². The van der Waals surface area contributed by atoms with E-state index in [1.165, 1.54) is 12.5 Å². The first-order chi connectivity index (χ1) is 12.9. The van der Waals surface area contributed by atoms with Gasteiger partial charge in [0, 0.05) is 34.1 Å². The minimum absolute atomic E-state index is 0.311. The molecule has 0 unspecified atom stereocenters. The average molecular weight is 500 g/mol. The van der Waals surface area contributed by atoms with Crippen LogP contribution in [0.15, 0.2) is 48.7 Å². The molecule has 0 saturated carbocycles. The van der Waals surface area contributed by atoms with E-state index < -0.39 is 0 Å². The highest BCUT2D eigenvalue weighted by Crippen LogP contribution is 2.24. The van der Waals surface area contributed by atoms with Gasteiger partial charge in [-0.25, -0.2) is 0 Å². The highest BCUT2D eigenvalue weighted by molar-refractivity contribution is 14.1. The van der Waals surface area contributed by atoms with Gasteiger partial charge < -0.3 is 14.0 Å². The van der Waals surface area contributed by atoms with Gasteiger partial charge in [0.15, 0.2) is 0 Å². The predicted octanol–water partition coefficient (Wildman–Crippen LogP) is 5.05. The lowest BCUT2D eigenvalue weighted by Crippen LogP contribution is -2.01. The highest BCUT2D eigenvalue weighted by atomic mass is 127. The molecule has 1 aromatic heterocycles. The third kappa shape index (κ3) is 6.25. The van der Waals surface area contributed by atoms with E-state index in [1.807, 2.05) is 42.6 Å². The molecule has 0 atom stereocenters. The van der Waals surface area contributed by atoms with Crippen LogP contribution in [-0.2, 0) is 20.9 Å². The minimum Gasteiger partial charge on any atom is -0.468 e. The zero-order chi connectivity index (χ0) is 19.8. The smallest absolute Gasteiger partial charge is 0.308 e. The standard InChI is InChI=1S/C17H13ClINO2.C3H6O2/c1-11(21)22-14-3-5-17-13(9-14)6-7-20(17)10-12-2-4-15(18)16(19)8-12;1-2-5-3-4/h2-9H,10H2,1H3;3H,2H2,1H3. The Bertz CT molecular complexity index is 939. The van der Waals surface area contributed by atoms with E-state index in [4.69, 9.17) is 16.3 Å².